The van der Waals surface area contributed by atoms with Crippen LogP contribution in [0.2, 0.25) is 0 Å². The van der Waals surface area contributed by atoms with Gasteiger partial charge in [-0.15, -0.1) is 0 Å². The first-order valence-corrected chi connectivity index (χ1v) is 14.4. The molecule has 0 saturated heterocycles. The number of carbonyl (C=O) groups is 1. The van der Waals surface area contributed by atoms with Gasteiger partial charge < -0.3 is 19.4 Å². The number of amides is 1. The van der Waals surface area contributed by atoms with Gasteiger partial charge in [-0.05, 0) is 72.1 Å². The van der Waals surface area contributed by atoms with Crippen molar-refractivity contribution >= 4 is 45.2 Å². The molecule has 1 fully saturated rings. The van der Waals surface area contributed by atoms with Crippen LogP contribution in [0.15, 0.2) is 65.1 Å². The van der Waals surface area contributed by atoms with Crippen LogP contribution in [0.5, 0.6) is 0 Å². The zero-order chi connectivity index (χ0) is 27.3. The highest BCUT2D eigenvalue weighted by atomic mass is 32.2. The molecule has 1 amide bonds. The van der Waals surface area contributed by atoms with Gasteiger partial charge in [0, 0.05) is 24.1 Å². The normalized spacial score (nSPS) is 16.9. The smallest absolute Gasteiger partial charge is 0.455 e. The number of sulfonamides is 1. The van der Waals surface area contributed by atoms with Crippen molar-refractivity contribution in [3.63, 3.8) is 0 Å². The number of carbonyl (C=O) groups excluding carboxylic acids is 1. The van der Waals surface area contributed by atoms with Crippen LogP contribution in [0.4, 0.5) is 10.1 Å². The number of anilines is 1. The number of nitrogens with one attached hydrogen (secondary N) is 2. The lowest BCUT2D eigenvalue weighted by Crippen LogP contribution is -2.27. The van der Waals surface area contributed by atoms with Crippen molar-refractivity contribution in [3.05, 3.63) is 83.2 Å². The fourth-order valence-corrected chi connectivity index (χ4v) is 6.31. The quantitative estimate of drug-likeness (QED) is 0.286. The Hall–Kier alpha value is -3.67. The second-order valence-corrected chi connectivity index (χ2v) is 11.8. The number of fused-ring (bicyclic) bond motifs is 2. The van der Waals surface area contributed by atoms with Crippen LogP contribution in [-0.4, -0.2) is 39.3 Å². The van der Waals surface area contributed by atoms with Gasteiger partial charge in [0.15, 0.2) is 0 Å². The van der Waals surface area contributed by atoms with E-state index in [2.05, 4.69) is 10.0 Å². The second-order valence-electron chi connectivity index (χ2n) is 9.92. The lowest BCUT2D eigenvalue weighted by atomic mass is 9.79. The first-order valence-electron chi connectivity index (χ1n) is 12.8. The van der Waals surface area contributed by atoms with Crippen LogP contribution >= 0.6 is 0 Å². The topological polar surface area (TPSA) is 118 Å². The first kappa shape index (κ1) is 25.6. The van der Waals surface area contributed by atoms with E-state index in [1.807, 2.05) is 18.2 Å². The Morgan fingerprint density at radius 1 is 1.10 bits per heavy atom. The molecule has 2 aliphatic rings. The van der Waals surface area contributed by atoms with E-state index in [1.54, 1.807) is 18.2 Å². The molecule has 6 rings (SSSR count). The molecule has 0 radical (unpaired) electrons. The SMILES string of the molecule is CNC(=O)c1c(-c2ccc(F)cc2)oc2cc(NS(=O)(=O)CCC3OB(O)c4ccccc43)c(C3CC3)cc12. The maximum atomic E-state index is 13.5. The van der Waals surface area contributed by atoms with Crippen molar-refractivity contribution in [2.75, 3.05) is 17.5 Å². The molecular formula is C28H26BFN2O6S. The molecule has 2 heterocycles. The van der Waals surface area contributed by atoms with Gasteiger partial charge in [-0.25, -0.2) is 12.8 Å². The molecular weight excluding hydrogens is 522 g/mol. The predicted molar refractivity (Wildman–Crippen MR) is 147 cm³/mol. The van der Waals surface area contributed by atoms with E-state index in [0.29, 0.717) is 33.2 Å². The summed E-state index contributed by atoms with van der Waals surface area (Å²) in [6, 6.07) is 16.3. The molecule has 4 aromatic rings. The Kier molecular flexibility index (Phi) is 6.45. The van der Waals surface area contributed by atoms with Crippen LogP contribution in [0, 0.1) is 5.82 Å². The van der Waals surface area contributed by atoms with Crippen molar-refractivity contribution in [3.8, 4) is 11.3 Å². The van der Waals surface area contributed by atoms with E-state index in [-0.39, 0.29) is 29.8 Å². The Morgan fingerprint density at radius 3 is 2.56 bits per heavy atom. The number of benzene rings is 3. The summed E-state index contributed by atoms with van der Waals surface area (Å²) in [5.41, 5.74) is 3.81. The van der Waals surface area contributed by atoms with Gasteiger partial charge in [0.2, 0.25) is 10.0 Å². The average Bonchev–Trinajstić information content (AvgIpc) is 3.63. The molecule has 1 aliphatic carbocycles. The van der Waals surface area contributed by atoms with Gasteiger partial charge >= 0.3 is 7.12 Å². The number of hydrogen-bond acceptors (Lipinski definition) is 6. The van der Waals surface area contributed by atoms with E-state index in [4.69, 9.17) is 9.07 Å². The van der Waals surface area contributed by atoms with E-state index < -0.39 is 29.1 Å². The maximum Gasteiger partial charge on any atom is 0.491 e. The molecule has 3 aromatic carbocycles. The van der Waals surface area contributed by atoms with Gasteiger partial charge in [0.1, 0.15) is 17.2 Å². The maximum absolute atomic E-state index is 13.5. The van der Waals surface area contributed by atoms with Crippen LogP contribution < -0.4 is 15.5 Å². The third-order valence-corrected chi connectivity index (χ3v) is 8.56. The van der Waals surface area contributed by atoms with Crippen molar-refractivity contribution < 1.29 is 31.7 Å². The fourth-order valence-electron chi connectivity index (χ4n) is 5.17. The van der Waals surface area contributed by atoms with Crippen molar-refractivity contribution in [1.82, 2.24) is 5.32 Å². The molecule has 8 nitrogen and oxygen atoms in total. The van der Waals surface area contributed by atoms with E-state index in [0.717, 1.165) is 24.0 Å². The summed E-state index contributed by atoms with van der Waals surface area (Å²) in [5, 5.41) is 13.4. The molecule has 1 aromatic heterocycles. The van der Waals surface area contributed by atoms with E-state index >= 15 is 0 Å². The summed E-state index contributed by atoms with van der Waals surface area (Å²) in [6.07, 6.45) is 1.45. The Morgan fingerprint density at radius 2 is 1.85 bits per heavy atom. The fraction of sp³-hybridized carbons (Fsp3) is 0.250. The van der Waals surface area contributed by atoms with Crippen molar-refractivity contribution in [2.24, 2.45) is 0 Å². The van der Waals surface area contributed by atoms with Gasteiger partial charge in [-0.3, -0.25) is 9.52 Å². The molecule has 1 aliphatic heterocycles. The molecule has 200 valence electrons. The molecule has 0 spiro atoms. The zero-order valence-corrected chi connectivity index (χ0v) is 21.9. The van der Waals surface area contributed by atoms with Gasteiger partial charge in [-0.1, -0.05) is 24.3 Å². The predicted octanol–water partition coefficient (Wildman–Crippen LogP) is 4.07. The standard InChI is InChI=1S/C28H26BFN2O6S/c1-31-28(33)26-21-14-20(16-6-7-16)23(15-25(21)37-27(26)17-8-10-18(30)11-9-17)32-39(35,36)13-12-24-19-4-2-3-5-22(19)29(34)38-24/h2-5,8-11,14-16,24,32,34H,6-7,12-13H2,1H3,(H,31,33). The molecule has 1 unspecified atom stereocenters. The third-order valence-electron chi connectivity index (χ3n) is 7.25. The van der Waals surface area contributed by atoms with Crippen molar-refractivity contribution in [2.45, 2.75) is 31.3 Å². The highest BCUT2D eigenvalue weighted by molar-refractivity contribution is 7.92. The Balaban J connectivity index is 1.33. The summed E-state index contributed by atoms with van der Waals surface area (Å²) in [7, 11) is -3.35. The van der Waals surface area contributed by atoms with Crippen molar-refractivity contribution in [1.29, 1.82) is 0 Å². The van der Waals surface area contributed by atoms with Gasteiger partial charge in [0.25, 0.3) is 5.91 Å². The molecule has 39 heavy (non-hydrogen) atoms. The number of hydrogen-bond donors (Lipinski definition) is 3. The van der Waals surface area contributed by atoms with Gasteiger partial charge in [0.05, 0.1) is 23.1 Å². The Labute approximate surface area is 225 Å². The summed E-state index contributed by atoms with van der Waals surface area (Å²) in [5.74, 6) is -0.550. The van der Waals surface area contributed by atoms with Crippen LogP contribution in [-0.2, 0) is 14.7 Å². The van der Waals surface area contributed by atoms with Crippen LogP contribution in [0.25, 0.3) is 22.3 Å². The minimum absolute atomic E-state index is 0.161. The summed E-state index contributed by atoms with van der Waals surface area (Å²) < 4.78 is 54.4. The molecule has 1 saturated carbocycles. The van der Waals surface area contributed by atoms with E-state index in [9.17, 15) is 22.6 Å². The van der Waals surface area contributed by atoms with Crippen LogP contribution in [0.3, 0.4) is 0 Å². The lowest BCUT2D eigenvalue weighted by Gasteiger charge is -2.15. The second kappa shape index (κ2) is 9.82. The number of halogens is 1. The highest BCUT2D eigenvalue weighted by Gasteiger charge is 2.36. The number of rotatable bonds is 8. The van der Waals surface area contributed by atoms with Crippen LogP contribution in [0.1, 0.15) is 52.8 Å². The summed E-state index contributed by atoms with van der Waals surface area (Å²) in [4.78, 5) is 12.9. The highest BCUT2D eigenvalue weighted by Crippen LogP contribution is 2.47. The summed E-state index contributed by atoms with van der Waals surface area (Å²) in [6.45, 7) is 0. The van der Waals surface area contributed by atoms with Gasteiger partial charge in [-0.2, -0.15) is 0 Å². The lowest BCUT2D eigenvalue weighted by molar-refractivity contribution is 0.0964. The summed E-state index contributed by atoms with van der Waals surface area (Å²) >= 11 is 0. The molecule has 0 bridgehead atoms. The average molecular weight is 548 g/mol. The molecule has 11 heteroatoms. The minimum atomic E-state index is -3.79. The largest absolute Gasteiger partial charge is 0.491 e. The zero-order valence-electron chi connectivity index (χ0n) is 21.1. The van der Waals surface area contributed by atoms with E-state index in [1.165, 1.54) is 31.3 Å². The first-order chi connectivity index (χ1) is 18.7. The molecule has 1 atom stereocenters. The molecule has 3 N–H and O–H groups in total. The third kappa shape index (κ3) is 4.93. The number of furan rings is 1. The Bertz CT molecular complexity index is 1680. The minimum Gasteiger partial charge on any atom is -0.455 e. The monoisotopic (exact) mass is 548 g/mol.